The number of anilines is 1. The molecule has 2 rings (SSSR count). The Morgan fingerprint density at radius 1 is 1.28 bits per heavy atom. The van der Waals surface area contributed by atoms with Gasteiger partial charge in [-0.05, 0) is 24.0 Å². The molecule has 0 radical (unpaired) electrons. The van der Waals surface area contributed by atoms with E-state index >= 15 is 0 Å². The molecule has 3 heteroatoms. The first-order chi connectivity index (χ1) is 8.68. The van der Waals surface area contributed by atoms with Crippen LogP contribution in [0.3, 0.4) is 0 Å². The second-order valence-corrected chi connectivity index (χ2v) is 5.40. The molecule has 100 valence electrons. The lowest BCUT2D eigenvalue weighted by molar-refractivity contribution is 0.256. The molecular formula is C15H25N3. The summed E-state index contributed by atoms with van der Waals surface area (Å²) < 4.78 is 0. The number of hydrogen-bond acceptors (Lipinski definition) is 3. The topological polar surface area (TPSA) is 27.3 Å². The van der Waals surface area contributed by atoms with Crippen molar-refractivity contribution in [1.82, 2.24) is 10.2 Å². The Bertz CT molecular complexity index is 381. The Morgan fingerprint density at radius 2 is 2.00 bits per heavy atom. The Hall–Kier alpha value is -1.06. The van der Waals surface area contributed by atoms with Gasteiger partial charge in [-0.1, -0.05) is 32.0 Å². The number of piperazine rings is 1. The predicted molar refractivity (Wildman–Crippen MR) is 78.2 cm³/mol. The van der Waals surface area contributed by atoms with Crippen molar-refractivity contribution in [3.63, 3.8) is 0 Å². The average Bonchev–Trinajstić information content (AvgIpc) is 2.38. The number of rotatable bonds is 4. The minimum Gasteiger partial charge on any atom is -0.372 e. The largest absolute Gasteiger partial charge is 0.372 e. The Labute approximate surface area is 111 Å². The summed E-state index contributed by atoms with van der Waals surface area (Å²) in [5.41, 5.74) is 4.09. The average molecular weight is 247 g/mol. The van der Waals surface area contributed by atoms with E-state index in [1.54, 1.807) is 0 Å². The van der Waals surface area contributed by atoms with Crippen LogP contribution < -0.4 is 10.6 Å². The number of nitrogens with zero attached hydrogens (tertiary/aromatic N) is 1. The van der Waals surface area contributed by atoms with Crippen molar-refractivity contribution >= 4 is 5.69 Å². The monoisotopic (exact) mass is 247 g/mol. The van der Waals surface area contributed by atoms with Gasteiger partial charge < -0.3 is 10.6 Å². The Balaban J connectivity index is 2.03. The molecule has 1 aliphatic rings. The SMILES string of the molecule is Cc1cccc(C(C)C)c1NCN1CCNCC1. The molecule has 1 fully saturated rings. The summed E-state index contributed by atoms with van der Waals surface area (Å²) in [6.07, 6.45) is 0. The summed E-state index contributed by atoms with van der Waals surface area (Å²) in [7, 11) is 0. The van der Waals surface area contributed by atoms with Crippen molar-refractivity contribution in [2.24, 2.45) is 0 Å². The molecule has 1 aliphatic heterocycles. The van der Waals surface area contributed by atoms with Crippen molar-refractivity contribution in [3.8, 4) is 0 Å². The van der Waals surface area contributed by atoms with E-state index in [-0.39, 0.29) is 0 Å². The van der Waals surface area contributed by atoms with Crippen LogP contribution in [0.2, 0.25) is 0 Å². The van der Waals surface area contributed by atoms with E-state index in [1.165, 1.54) is 16.8 Å². The van der Waals surface area contributed by atoms with E-state index in [0.29, 0.717) is 5.92 Å². The number of para-hydroxylation sites is 1. The van der Waals surface area contributed by atoms with Crippen LogP contribution in [-0.4, -0.2) is 37.7 Å². The molecule has 0 bridgehead atoms. The lowest BCUT2D eigenvalue weighted by atomic mass is 9.98. The van der Waals surface area contributed by atoms with E-state index in [9.17, 15) is 0 Å². The molecule has 0 aromatic heterocycles. The summed E-state index contributed by atoms with van der Waals surface area (Å²) in [6, 6.07) is 6.57. The molecule has 0 unspecified atom stereocenters. The smallest absolute Gasteiger partial charge is 0.0679 e. The molecule has 2 N–H and O–H groups in total. The van der Waals surface area contributed by atoms with Crippen LogP contribution in [0.4, 0.5) is 5.69 Å². The number of benzene rings is 1. The fraction of sp³-hybridized carbons (Fsp3) is 0.600. The number of nitrogens with one attached hydrogen (secondary N) is 2. The van der Waals surface area contributed by atoms with Gasteiger partial charge in [0.2, 0.25) is 0 Å². The number of aryl methyl sites for hydroxylation is 1. The van der Waals surface area contributed by atoms with Gasteiger partial charge in [-0.15, -0.1) is 0 Å². The molecule has 0 amide bonds. The maximum Gasteiger partial charge on any atom is 0.0679 e. The van der Waals surface area contributed by atoms with E-state index in [1.807, 2.05) is 0 Å². The van der Waals surface area contributed by atoms with Crippen molar-refractivity contribution in [3.05, 3.63) is 29.3 Å². The molecule has 3 nitrogen and oxygen atoms in total. The second-order valence-electron chi connectivity index (χ2n) is 5.40. The standard InChI is InChI=1S/C15H25N3/c1-12(2)14-6-4-5-13(3)15(14)17-11-18-9-7-16-8-10-18/h4-6,12,16-17H,7-11H2,1-3H3. The maximum absolute atomic E-state index is 3.63. The third-order valence-corrected chi connectivity index (χ3v) is 3.62. The van der Waals surface area contributed by atoms with Crippen molar-refractivity contribution < 1.29 is 0 Å². The second kappa shape index (κ2) is 6.21. The van der Waals surface area contributed by atoms with E-state index in [2.05, 4.69) is 54.5 Å². The third-order valence-electron chi connectivity index (χ3n) is 3.62. The fourth-order valence-electron chi connectivity index (χ4n) is 2.47. The van der Waals surface area contributed by atoms with E-state index in [0.717, 1.165) is 32.8 Å². The fourth-order valence-corrected chi connectivity index (χ4v) is 2.47. The summed E-state index contributed by atoms with van der Waals surface area (Å²) in [5, 5.41) is 7.02. The highest BCUT2D eigenvalue weighted by Gasteiger charge is 2.12. The third kappa shape index (κ3) is 3.24. The molecule has 1 heterocycles. The Morgan fingerprint density at radius 3 is 2.67 bits per heavy atom. The first kappa shape index (κ1) is 13.4. The van der Waals surface area contributed by atoms with Gasteiger partial charge in [0.05, 0.1) is 6.67 Å². The van der Waals surface area contributed by atoms with Crippen LogP contribution in [0.15, 0.2) is 18.2 Å². The number of hydrogen-bond donors (Lipinski definition) is 2. The summed E-state index contributed by atoms with van der Waals surface area (Å²) in [4.78, 5) is 2.47. The normalized spacial score (nSPS) is 17.1. The highest BCUT2D eigenvalue weighted by molar-refractivity contribution is 5.58. The summed E-state index contributed by atoms with van der Waals surface area (Å²) in [6.45, 7) is 12.1. The van der Waals surface area contributed by atoms with Gasteiger partial charge in [0.15, 0.2) is 0 Å². The van der Waals surface area contributed by atoms with Crippen LogP contribution in [0.1, 0.15) is 30.9 Å². The zero-order chi connectivity index (χ0) is 13.0. The zero-order valence-corrected chi connectivity index (χ0v) is 11.8. The molecule has 1 saturated heterocycles. The van der Waals surface area contributed by atoms with Gasteiger partial charge >= 0.3 is 0 Å². The zero-order valence-electron chi connectivity index (χ0n) is 11.8. The van der Waals surface area contributed by atoms with Gasteiger partial charge in [0, 0.05) is 31.9 Å². The quantitative estimate of drug-likeness (QED) is 0.855. The van der Waals surface area contributed by atoms with Crippen LogP contribution >= 0.6 is 0 Å². The molecule has 18 heavy (non-hydrogen) atoms. The first-order valence-electron chi connectivity index (χ1n) is 6.95. The molecular weight excluding hydrogens is 222 g/mol. The van der Waals surface area contributed by atoms with E-state index < -0.39 is 0 Å². The first-order valence-corrected chi connectivity index (χ1v) is 6.95. The summed E-state index contributed by atoms with van der Waals surface area (Å²) >= 11 is 0. The van der Waals surface area contributed by atoms with Crippen molar-refractivity contribution in [2.45, 2.75) is 26.7 Å². The van der Waals surface area contributed by atoms with Crippen LogP contribution in [0, 0.1) is 6.92 Å². The highest BCUT2D eigenvalue weighted by atomic mass is 15.3. The van der Waals surface area contributed by atoms with Crippen LogP contribution in [0.25, 0.3) is 0 Å². The minimum absolute atomic E-state index is 0.565. The molecule has 1 aromatic rings. The predicted octanol–water partition coefficient (Wildman–Crippen LogP) is 2.39. The van der Waals surface area contributed by atoms with E-state index in [4.69, 9.17) is 0 Å². The molecule has 0 atom stereocenters. The van der Waals surface area contributed by atoms with Crippen LogP contribution in [-0.2, 0) is 0 Å². The molecule has 1 aromatic carbocycles. The van der Waals surface area contributed by atoms with Gasteiger partial charge in [0.1, 0.15) is 0 Å². The molecule has 0 spiro atoms. The summed E-state index contributed by atoms with van der Waals surface area (Å²) in [5.74, 6) is 0.565. The Kier molecular flexibility index (Phi) is 4.61. The van der Waals surface area contributed by atoms with Crippen molar-refractivity contribution in [1.29, 1.82) is 0 Å². The minimum atomic E-state index is 0.565. The van der Waals surface area contributed by atoms with Crippen molar-refractivity contribution in [2.75, 3.05) is 38.2 Å². The lowest BCUT2D eigenvalue weighted by Gasteiger charge is -2.28. The maximum atomic E-state index is 3.63. The van der Waals surface area contributed by atoms with Crippen LogP contribution in [0.5, 0.6) is 0 Å². The van der Waals surface area contributed by atoms with Gasteiger partial charge in [-0.2, -0.15) is 0 Å². The molecule has 0 saturated carbocycles. The van der Waals surface area contributed by atoms with Gasteiger partial charge in [-0.3, -0.25) is 4.90 Å². The lowest BCUT2D eigenvalue weighted by Crippen LogP contribution is -2.45. The van der Waals surface area contributed by atoms with Gasteiger partial charge in [0.25, 0.3) is 0 Å². The molecule has 0 aliphatic carbocycles. The highest BCUT2D eigenvalue weighted by Crippen LogP contribution is 2.27. The van der Waals surface area contributed by atoms with Gasteiger partial charge in [-0.25, -0.2) is 0 Å².